The summed E-state index contributed by atoms with van der Waals surface area (Å²) in [6.45, 7) is 3.97. The molecule has 0 aliphatic heterocycles. The highest BCUT2D eigenvalue weighted by Crippen LogP contribution is 2.32. The van der Waals surface area contributed by atoms with Gasteiger partial charge in [0.05, 0.1) is 11.8 Å². The van der Waals surface area contributed by atoms with Gasteiger partial charge in [-0.3, -0.25) is 0 Å². The standard InChI is InChI=1S/C14H16ClN3O2/c1-8-5-13(16-7-9(2)19)17-18-14(8)11-4-3-10(15)6-12(11)20/h3-6,9,19-20H,7H2,1-2H3,(H,16,17)/t9-/m1/s1. The number of aliphatic hydroxyl groups excluding tert-OH is 1. The van der Waals surface area contributed by atoms with Crippen molar-refractivity contribution in [3.8, 4) is 17.0 Å². The first-order valence-corrected chi connectivity index (χ1v) is 6.60. The van der Waals surface area contributed by atoms with E-state index in [0.29, 0.717) is 28.6 Å². The maximum Gasteiger partial charge on any atom is 0.149 e. The fourth-order valence-electron chi connectivity index (χ4n) is 1.80. The molecule has 0 saturated heterocycles. The Kier molecular flexibility index (Phi) is 4.42. The number of hydrogen-bond acceptors (Lipinski definition) is 5. The minimum Gasteiger partial charge on any atom is -0.507 e. The van der Waals surface area contributed by atoms with E-state index in [1.165, 1.54) is 6.07 Å². The molecule has 106 valence electrons. The summed E-state index contributed by atoms with van der Waals surface area (Å²) >= 11 is 5.81. The number of phenolic OH excluding ortho intramolecular Hbond substituents is 1. The van der Waals surface area contributed by atoms with Gasteiger partial charge < -0.3 is 15.5 Å². The van der Waals surface area contributed by atoms with E-state index >= 15 is 0 Å². The van der Waals surface area contributed by atoms with E-state index in [4.69, 9.17) is 11.6 Å². The normalized spacial score (nSPS) is 12.2. The highest BCUT2D eigenvalue weighted by atomic mass is 35.5. The molecule has 1 aromatic carbocycles. The summed E-state index contributed by atoms with van der Waals surface area (Å²) in [4.78, 5) is 0. The zero-order valence-electron chi connectivity index (χ0n) is 11.3. The van der Waals surface area contributed by atoms with Crippen LogP contribution >= 0.6 is 11.6 Å². The van der Waals surface area contributed by atoms with Crippen molar-refractivity contribution in [2.45, 2.75) is 20.0 Å². The van der Waals surface area contributed by atoms with Crippen molar-refractivity contribution in [2.75, 3.05) is 11.9 Å². The van der Waals surface area contributed by atoms with E-state index in [2.05, 4.69) is 15.5 Å². The molecule has 1 heterocycles. The third kappa shape index (κ3) is 3.37. The van der Waals surface area contributed by atoms with Gasteiger partial charge in [-0.15, -0.1) is 10.2 Å². The van der Waals surface area contributed by atoms with Crippen molar-refractivity contribution in [1.82, 2.24) is 10.2 Å². The highest BCUT2D eigenvalue weighted by molar-refractivity contribution is 6.30. The van der Waals surface area contributed by atoms with E-state index in [1.54, 1.807) is 19.1 Å². The molecule has 0 spiro atoms. The van der Waals surface area contributed by atoms with Crippen molar-refractivity contribution < 1.29 is 10.2 Å². The minimum absolute atomic E-state index is 0.0691. The SMILES string of the molecule is Cc1cc(NC[C@@H](C)O)nnc1-c1ccc(Cl)cc1O. The van der Waals surface area contributed by atoms with Gasteiger partial charge in [-0.2, -0.15) is 0 Å². The fourth-order valence-corrected chi connectivity index (χ4v) is 1.96. The molecule has 0 aliphatic carbocycles. The molecule has 0 saturated carbocycles. The number of nitrogens with zero attached hydrogens (tertiary/aromatic N) is 2. The van der Waals surface area contributed by atoms with Crippen molar-refractivity contribution in [3.05, 3.63) is 34.9 Å². The molecule has 6 heteroatoms. The number of phenols is 1. The lowest BCUT2D eigenvalue weighted by Gasteiger charge is -2.10. The van der Waals surface area contributed by atoms with Gasteiger partial charge in [-0.25, -0.2) is 0 Å². The molecular weight excluding hydrogens is 278 g/mol. The first-order valence-electron chi connectivity index (χ1n) is 6.22. The van der Waals surface area contributed by atoms with Crippen LogP contribution in [0.15, 0.2) is 24.3 Å². The second-order valence-corrected chi connectivity index (χ2v) is 5.09. The topological polar surface area (TPSA) is 78.3 Å². The largest absolute Gasteiger partial charge is 0.507 e. The van der Waals surface area contributed by atoms with Crippen LogP contribution in [-0.4, -0.2) is 33.1 Å². The minimum atomic E-state index is -0.461. The second kappa shape index (κ2) is 6.07. The molecule has 0 fully saturated rings. The summed E-state index contributed by atoms with van der Waals surface area (Å²) in [7, 11) is 0. The molecule has 0 bridgehead atoms. The predicted octanol–water partition coefficient (Wildman–Crippen LogP) is 2.60. The number of benzene rings is 1. The van der Waals surface area contributed by atoms with Crippen LogP contribution in [0.5, 0.6) is 5.75 Å². The van der Waals surface area contributed by atoms with Gasteiger partial charge in [0.15, 0.2) is 0 Å². The Balaban J connectivity index is 2.29. The highest BCUT2D eigenvalue weighted by Gasteiger charge is 2.11. The molecular formula is C14H16ClN3O2. The Morgan fingerprint density at radius 1 is 1.30 bits per heavy atom. The van der Waals surface area contributed by atoms with Crippen LogP contribution in [0.25, 0.3) is 11.3 Å². The van der Waals surface area contributed by atoms with E-state index < -0.39 is 6.10 Å². The van der Waals surface area contributed by atoms with Crippen LogP contribution in [0.4, 0.5) is 5.82 Å². The molecule has 5 nitrogen and oxygen atoms in total. The van der Waals surface area contributed by atoms with Crippen LogP contribution in [0, 0.1) is 6.92 Å². The molecule has 1 atom stereocenters. The summed E-state index contributed by atoms with van der Waals surface area (Å²) in [6, 6.07) is 6.69. The lowest BCUT2D eigenvalue weighted by atomic mass is 10.1. The molecule has 3 N–H and O–H groups in total. The average molecular weight is 294 g/mol. The van der Waals surface area contributed by atoms with E-state index in [1.807, 2.05) is 13.0 Å². The summed E-state index contributed by atoms with van der Waals surface area (Å²) in [5, 5.41) is 30.7. The van der Waals surface area contributed by atoms with Gasteiger partial charge in [0.2, 0.25) is 0 Å². The number of aryl methyl sites for hydroxylation is 1. The number of nitrogens with one attached hydrogen (secondary N) is 1. The Bertz CT molecular complexity index is 617. The fraction of sp³-hybridized carbons (Fsp3) is 0.286. The van der Waals surface area contributed by atoms with Gasteiger partial charge in [0.1, 0.15) is 11.6 Å². The summed E-state index contributed by atoms with van der Waals surface area (Å²) in [6.07, 6.45) is -0.461. The Hall–Kier alpha value is -1.85. The number of hydrogen-bond donors (Lipinski definition) is 3. The van der Waals surface area contributed by atoms with Crippen molar-refractivity contribution >= 4 is 17.4 Å². The maximum atomic E-state index is 9.91. The van der Waals surface area contributed by atoms with Crippen LogP contribution < -0.4 is 5.32 Å². The van der Waals surface area contributed by atoms with Gasteiger partial charge in [0.25, 0.3) is 0 Å². The van der Waals surface area contributed by atoms with Crippen LogP contribution in [0.1, 0.15) is 12.5 Å². The number of anilines is 1. The molecule has 0 amide bonds. The third-order valence-corrected chi connectivity index (χ3v) is 3.01. The van der Waals surface area contributed by atoms with Crippen LogP contribution in [0.3, 0.4) is 0 Å². The van der Waals surface area contributed by atoms with Crippen LogP contribution in [-0.2, 0) is 0 Å². The first kappa shape index (κ1) is 14.6. The summed E-state index contributed by atoms with van der Waals surface area (Å²) < 4.78 is 0. The van der Waals surface area contributed by atoms with E-state index in [0.717, 1.165) is 5.56 Å². The van der Waals surface area contributed by atoms with Gasteiger partial charge in [-0.05, 0) is 43.7 Å². The lowest BCUT2D eigenvalue weighted by Crippen LogP contribution is -2.16. The molecule has 2 aromatic rings. The Labute approximate surface area is 122 Å². The van der Waals surface area contributed by atoms with Crippen LogP contribution in [0.2, 0.25) is 5.02 Å². The summed E-state index contributed by atoms with van der Waals surface area (Å²) in [5.74, 6) is 0.653. The first-order chi connectivity index (χ1) is 9.47. The molecule has 20 heavy (non-hydrogen) atoms. The predicted molar refractivity (Wildman–Crippen MR) is 79.1 cm³/mol. The number of aromatic hydroxyl groups is 1. The molecule has 0 radical (unpaired) electrons. The lowest BCUT2D eigenvalue weighted by molar-refractivity contribution is 0.208. The Morgan fingerprint density at radius 3 is 2.65 bits per heavy atom. The van der Waals surface area contributed by atoms with Gasteiger partial charge in [0, 0.05) is 17.1 Å². The van der Waals surface area contributed by atoms with Gasteiger partial charge >= 0.3 is 0 Å². The van der Waals surface area contributed by atoms with Gasteiger partial charge in [-0.1, -0.05) is 11.6 Å². The molecule has 0 aliphatic rings. The quantitative estimate of drug-likeness (QED) is 0.807. The third-order valence-electron chi connectivity index (χ3n) is 2.78. The van der Waals surface area contributed by atoms with E-state index in [9.17, 15) is 10.2 Å². The van der Waals surface area contributed by atoms with Crippen molar-refractivity contribution in [2.24, 2.45) is 0 Å². The maximum absolute atomic E-state index is 9.91. The van der Waals surface area contributed by atoms with Crippen molar-refractivity contribution in [3.63, 3.8) is 0 Å². The second-order valence-electron chi connectivity index (χ2n) is 4.65. The number of rotatable bonds is 4. The van der Waals surface area contributed by atoms with Crippen molar-refractivity contribution in [1.29, 1.82) is 0 Å². The zero-order valence-corrected chi connectivity index (χ0v) is 12.0. The number of halogens is 1. The Morgan fingerprint density at radius 2 is 2.05 bits per heavy atom. The number of aliphatic hydroxyl groups is 1. The smallest absolute Gasteiger partial charge is 0.149 e. The molecule has 1 aromatic heterocycles. The number of aromatic nitrogens is 2. The monoisotopic (exact) mass is 293 g/mol. The average Bonchev–Trinajstić information content (AvgIpc) is 2.37. The summed E-state index contributed by atoms with van der Waals surface area (Å²) in [5.41, 5.74) is 2.05. The molecule has 2 rings (SSSR count). The zero-order chi connectivity index (χ0) is 14.7. The van der Waals surface area contributed by atoms with E-state index in [-0.39, 0.29) is 5.75 Å². The molecule has 0 unspecified atom stereocenters.